The van der Waals surface area contributed by atoms with Crippen molar-refractivity contribution in [3.05, 3.63) is 34.6 Å². The van der Waals surface area contributed by atoms with E-state index >= 15 is 0 Å². The number of aliphatic carboxylic acids is 1. The molecule has 5 heteroatoms. The van der Waals surface area contributed by atoms with Crippen molar-refractivity contribution in [3.63, 3.8) is 0 Å². The third-order valence-electron chi connectivity index (χ3n) is 3.95. The largest absolute Gasteiger partial charge is 0.481 e. The van der Waals surface area contributed by atoms with Crippen molar-refractivity contribution in [1.82, 2.24) is 4.90 Å². The Hall–Kier alpha value is -1.13. The highest BCUT2D eigenvalue weighted by Crippen LogP contribution is 2.37. The molecule has 1 heterocycles. The molecule has 1 aliphatic rings. The van der Waals surface area contributed by atoms with Gasteiger partial charge in [0.15, 0.2) is 0 Å². The minimum atomic E-state index is -0.879. The van der Waals surface area contributed by atoms with Crippen LogP contribution < -0.4 is 0 Å². The molecule has 0 aromatic heterocycles. The van der Waals surface area contributed by atoms with Crippen molar-refractivity contribution < 1.29 is 14.3 Å². The first kappa shape index (κ1) is 15.3. The maximum atomic E-state index is 14.1. The molecule has 0 radical (unpaired) electrons. The normalized spacial score (nSPS) is 24.1. The van der Waals surface area contributed by atoms with Crippen LogP contribution in [0.4, 0.5) is 4.39 Å². The molecule has 1 N–H and O–H groups in total. The fraction of sp³-hybridized carbons (Fsp3) is 0.533. The zero-order chi connectivity index (χ0) is 15.1. The van der Waals surface area contributed by atoms with E-state index in [1.54, 1.807) is 12.1 Å². The van der Waals surface area contributed by atoms with Gasteiger partial charge in [0.25, 0.3) is 0 Å². The van der Waals surface area contributed by atoms with Crippen LogP contribution in [0, 0.1) is 11.7 Å². The molecule has 0 bridgehead atoms. The second-order valence-electron chi connectivity index (χ2n) is 6.29. The van der Waals surface area contributed by atoms with Crippen LogP contribution in [0.5, 0.6) is 0 Å². The molecular weight excluding hydrogens is 281 g/mol. The van der Waals surface area contributed by atoms with Crippen LogP contribution in [0.25, 0.3) is 0 Å². The number of nitrogens with zero attached hydrogens (tertiary/aromatic N) is 1. The number of rotatable bonds is 2. The number of carbonyl (C=O) groups is 1. The van der Waals surface area contributed by atoms with Gasteiger partial charge in [-0.1, -0.05) is 17.7 Å². The van der Waals surface area contributed by atoms with Crippen LogP contribution in [0.15, 0.2) is 18.2 Å². The molecule has 0 spiro atoms. The van der Waals surface area contributed by atoms with Gasteiger partial charge in [-0.25, -0.2) is 4.39 Å². The topological polar surface area (TPSA) is 40.5 Å². The Labute approximate surface area is 123 Å². The Morgan fingerprint density at radius 3 is 2.55 bits per heavy atom. The van der Waals surface area contributed by atoms with Gasteiger partial charge in [-0.2, -0.15) is 0 Å². The van der Waals surface area contributed by atoms with Crippen molar-refractivity contribution in [1.29, 1.82) is 0 Å². The van der Waals surface area contributed by atoms with Crippen molar-refractivity contribution >= 4 is 17.6 Å². The van der Waals surface area contributed by atoms with Crippen LogP contribution in [-0.4, -0.2) is 34.6 Å². The fourth-order valence-corrected chi connectivity index (χ4v) is 2.88. The molecule has 1 fully saturated rings. The minimum absolute atomic E-state index is 0.134. The SMILES string of the molecule is CC(C)(C)N1C[C@H](C(=O)O)[C@@H](c2ccc(Cl)cc2F)C1. The number of halogens is 2. The average molecular weight is 300 g/mol. The number of hydrogen-bond acceptors (Lipinski definition) is 2. The predicted octanol–water partition coefficient (Wildman–Crippen LogP) is 3.38. The van der Waals surface area contributed by atoms with E-state index in [0.717, 1.165) is 0 Å². The number of carboxylic acid groups (broad SMARTS) is 1. The van der Waals surface area contributed by atoms with Gasteiger partial charge in [0.2, 0.25) is 0 Å². The van der Waals surface area contributed by atoms with E-state index in [9.17, 15) is 14.3 Å². The van der Waals surface area contributed by atoms with Crippen LogP contribution in [0.1, 0.15) is 32.3 Å². The van der Waals surface area contributed by atoms with Crippen LogP contribution in [0.3, 0.4) is 0 Å². The molecule has 1 aliphatic heterocycles. The molecule has 110 valence electrons. The Balaban J connectivity index is 2.35. The molecule has 0 amide bonds. The molecule has 20 heavy (non-hydrogen) atoms. The highest BCUT2D eigenvalue weighted by atomic mass is 35.5. The van der Waals surface area contributed by atoms with E-state index in [1.165, 1.54) is 6.07 Å². The van der Waals surface area contributed by atoms with Gasteiger partial charge in [0, 0.05) is 29.6 Å². The molecule has 0 unspecified atom stereocenters. The van der Waals surface area contributed by atoms with E-state index in [1.807, 2.05) is 20.8 Å². The summed E-state index contributed by atoms with van der Waals surface area (Å²) >= 11 is 5.76. The summed E-state index contributed by atoms with van der Waals surface area (Å²) < 4.78 is 14.1. The Morgan fingerprint density at radius 1 is 1.40 bits per heavy atom. The summed E-state index contributed by atoms with van der Waals surface area (Å²) in [4.78, 5) is 13.5. The van der Waals surface area contributed by atoms with Crippen LogP contribution in [0.2, 0.25) is 5.02 Å². The van der Waals surface area contributed by atoms with E-state index in [4.69, 9.17) is 11.6 Å². The third kappa shape index (κ3) is 2.96. The highest BCUT2D eigenvalue weighted by molar-refractivity contribution is 6.30. The molecule has 2 rings (SSSR count). The lowest BCUT2D eigenvalue weighted by Crippen LogP contribution is -2.40. The third-order valence-corrected chi connectivity index (χ3v) is 4.18. The number of likely N-dealkylation sites (tertiary alicyclic amines) is 1. The number of benzene rings is 1. The van der Waals surface area contributed by atoms with E-state index in [-0.39, 0.29) is 11.5 Å². The van der Waals surface area contributed by atoms with Gasteiger partial charge in [-0.3, -0.25) is 9.69 Å². The van der Waals surface area contributed by atoms with Crippen LogP contribution in [-0.2, 0) is 4.79 Å². The summed E-state index contributed by atoms with van der Waals surface area (Å²) in [6, 6.07) is 4.46. The lowest BCUT2D eigenvalue weighted by Gasteiger charge is -2.31. The highest BCUT2D eigenvalue weighted by Gasteiger charge is 2.42. The van der Waals surface area contributed by atoms with Crippen LogP contribution >= 0.6 is 11.6 Å². The molecule has 0 saturated carbocycles. The van der Waals surface area contributed by atoms with Gasteiger partial charge < -0.3 is 5.11 Å². The lowest BCUT2D eigenvalue weighted by atomic mass is 9.89. The smallest absolute Gasteiger partial charge is 0.308 e. The zero-order valence-corrected chi connectivity index (χ0v) is 12.6. The molecule has 1 saturated heterocycles. The molecule has 2 atom stereocenters. The number of hydrogen-bond donors (Lipinski definition) is 1. The molecule has 0 aliphatic carbocycles. The second-order valence-corrected chi connectivity index (χ2v) is 6.73. The second kappa shape index (κ2) is 5.34. The Kier molecular flexibility index (Phi) is 4.07. The zero-order valence-electron chi connectivity index (χ0n) is 11.9. The van der Waals surface area contributed by atoms with Gasteiger partial charge >= 0.3 is 5.97 Å². The molecular formula is C15H19ClFNO2. The van der Waals surface area contributed by atoms with Crippen molar-refractivity contribution in [3.8, 4) is 0 Å². The van der Waals surface area contributed by atoms with Gasteiger partial charge in [0.05, 0.1) is 5.92 Å². The van der Waals surface area contributed by atoms with E-state index in [2.05, 4.69) is 4.90 Å². The van der Waals surface area contributed by atoms with Crippen molar-refractivity contribution in [2.24, 2.45) is 5.92 Å². The first-order valence-corrected chi connectivity index (χ1v) is 7.00. The maximum absolute atomic E-state index is 14.1. The minimum Gasteiger partial charge on any atom is -0.481 e. The maximum Gasteiger partial charge on any atom is 0.308 e. The summed E-state index contributed by atoms with van der Waals surface area (Å²) in [5, 5.41) is 9.72. The summed E-state index contributed by atoms with van der Waals surface area (Å²) in [6.07, 6.45) is 0. The van der Waals surface area contributed by atoms with Crippen molar-refractivity contribution in [2.75, 3.05) is 13.1 Å². The van der Waals surface area contributed by atoms with Gasteiger partial charge in [0.1, 0.15) is 5.82 Å². The van der Waals surface area contributed by atoms with Crippen molar-refractivity contribution in [2.45, 2.75) is 32.2 Å². The standard InChI is InChI=1S/C15H19ClFNO2/c1-15(2,3)18-7-11(12(8-18)14(19)20)10-5-4-9(16)6-13(10)17/h4-6,11-12H,7-8H2,1-3H3,(H,19,20)/t11-,12+/m1/s1. The monoisotopic (exact) mass is 299 g/mol. The van der Waals surface area contributed by atoms with E-state index < -0.39 is 17.7 Å². The Morgan fingerprint density at radius 2 is 2.05 bits per heavy atom. The fourth-order valence-electron chi connectivity index (χ4n) is 2.72. The summed E-state index contributed by atoms with van der Waals surface area (Å²) in [5.74, 6) is -2.24. The van der Waals surface area contributed by atoms with Gasteiger partial charge in [-0.15, -0.1) is 0 Å². The van der Waals surface area contributed by atoms with E-state index in [0.29, 0.717) is 23.7 Å². The number of carboxylic acids is 1. The first-order valence-electron chi connectivity index (χ1n) is 6.63. The lowest BCUT2D eigenvalue weighted by molar-refractivity contribution is -0.141. The molecule has 1 aromatic carbocycles. The molecule has 3 nitrogen and oxygen atoms in total. The quantitative estimate of drug-likeness (QED) is 0.910. The summed E-state index contributed by atoms with van der Waals surface area (Å²) in [7, 11) is 0. The summed E-state index contributed by atoms with van der Waals surface area (Å²) in [6.45, 7) is 7.08. The predicted molar refractivity (Wildman–Crippen MR) is 76.6 cm³/mol. The average Bonchev–Trinajstić information content (AvgIpc) is 2.73. The van der Waals surface area contributed by atoms with Gasteiger partial charge in [-0.05, 0) is 38.5 Å². The first-order chi connectivity index (χ1) is 9.20. The summed E-state index contributed by atoms with van der Waals surface area (Å²) in [5.41, 5.74) is 0.305. The Bertz CT molecular complexity index is 527. The molecule has 1 aromatic rings.